The molecule has 1 heterocycles. The predicted octanol–water partition coefficient (Wildman–Crippen LogP) is 3.04. The summed E-state index contributed by atoms with van der Waals surface area (Å²) in [5.74, 6) is -0.728. The Bertz CT molecular complexity index is 704. The van der Waals surface area contributed by atoms with Crippen LogP contribution in [-0.4, -0.2) is 43.0 Å². The first-order valence-corrected chi connectivity index (χ1v) is 9.16. The summed E-state index contributed by atoms with van der Waals surface area (Å²) in [7, 11) is 1.49. The SMILES string of the molecule is CNCC(=Cc1ccc(C2(C(=O)O)CC2)cc1)B1OC(C)(C)C(C)(C)O1. The molecule has 3 rings (SSSR count). The van der Waals surface area contributed by atoms with Crippen molar-refractivity contribution in [3.8, 4) is 0 Å². The zero-order chi connectivity index (χ0) is 19.2. The van der Waals surface area contributed by atoms with Crippen LogP contribution in [-0.2, 0) is 19.5 Å². The number of likely N-dealkylation sites (N-methyl/N-ethyl adjacent to an activating group) is 1. The summed E-state index contributed by atoms with van der Waals surface area (Å²) in [6.07, 6.45) is 3.50. The zero-order valence-electron chi connectivity index (χ0n) is 16.3. The van der Waals surface area contributed by atoms with Gasteiger partial charge in [-0.1, -0.05) is 30.3 Å². The van der Waals surface area contributed by atoms with Crippen molar-refractivity contribution in [2.45, 2.75) is 57.2 Å². The lowest BCUT2D eigenvalue weighted by atomic mass is 9.77. The molecule has 1 saturated heterocycles. The van der Waals surface area contributed by atoms with E-state index in [0.29, 0.717) is 6.54 Å². The Balaban J connectivity index is 1.83. The molecule has 0 spiro atoms. The molecule has 0 aromatic heterocycles. The molecule has 0 radical (unpaired) electrons. The largest absolute Gasteiger partial charge is 0.491 e. The second kappa shape index (κ2) is 6.52. The summed E-state index contributed by atoms with van der Waals surface area (Å²) < 4.78 is 12.3. The Morgan fingerprint density at radius 2 is 1.69 bits per heavy atom. The summed E-state index contributed by atoms with van der Waals surface area (Å²) in [5, 5.41) is 12.6. The molecule has 5 nitrogen and oxygen atoms in total. The Hall–Kier alpha value is -1.63. The van der Waals surface area contributed by atoms with Gasteiger partial charge < -0.3 is 19.7 Å². The molecule has 1 aliphatic carbocycles. The van der Waals surface area contributed by atoms with E-state index in [0.717, 1.165) is 29.4 Å². The number of benzene rings is 1. The van der Waals surface area contributed by atoms with E-state index >= 15 is 0 Å². The highest BCUT2D eigenvalue weighted by Crippen LogP contribution is 2.48. The highest BCUT2D eigenvalue weighted by molar-refractivity contribution is 6.55. The molecule has 6 heteroatoms. The summed E-state index contributed by atoms with van der Waals surface area (Å²) in [6, 6.07) is 7.79. The highest BCUT2D eigenvalue weighted by atomic mass is 16.7. The van der Waals surface area contributed by atoms with Crippen molar-refractivity contribution in [1.82, 2.24) is 5.32 Å². The smallest absolute Gasteiger partial charge is 0.481 e. The van der Waals surface area contributed by atoms with Crippen LogP contribution < -0.4 is 5.32 Å². The van der Waals surface area contributed by atoms with Crippen LogP contribution in [0.15, 0.2) is 29.7 Å². The molecule has 140 valence electrons. The average Bonchev–Trinajstić information content (AvgIpc) is 3.32. The zero-order valence-corrected chi connectivity index (χ0v) is 16.3. The van der Waals surface area contributed by atoms with E-state index in [9.17, 15) is 9.90 Å². The van der Waals surface area contributed by atoms with Gasteiger partial charge in [0.25, 0.3) is 0 Å². The third-order valence-electron chi connectivity index (χ3n) is 5.91. The molecule has 26 heavy (non-hydrogen) atoms. The average molecular weight is 357 g/mol. The molecule has 1 saturated carbocycles. The van der Waals surface area contributed by atoms with E-state index in [1.54, 1.807) is 0 Å². The first-order chi connectivity index (χ1) is 12.1. The van der Waals surface area contributed by atoms with Crippen molar-refractivity contribution in [2.24, 2.45) is 0 Å². The lowest BCUT2D eigenvalue weighted by molar-refractivity contribution is -0.140. The molecule has 2 aliphatic rings. The molecule has 1 aromatic rings. The van der Waals surface area contributed by atoms with Crippen molar-refractivity contribution >= 4 is 19.2 Å². The van der Waals surface area contributed by atoms with Crippen LogP contribution in [0.4, 0.5) is 0 Å². The van der Waals surface area contributed by atoms with E-state index in [2.05, 4.69) is 11.4 Å². The molecule has 0 unspecified atom stereocenters. The lowest BCUT2D eigenvalue weighted by Gasteiger charge is -2.32. The van der Waals surface area contributed by atoms with Crippen molar-refractivity contribution < 1.29 is 19.2 Å². The topological polar surface area (TPSA) is 67.8 Å². The van der Waals surface area contributed by atoms with Gasteiger partial charge in [0.1, 0.15) is 0 Å². The van der Waals surface area contributed by atoms with Crippen molar-refractivity contribution in [3.63, 3.8) is 0 Å². The van der Waals surface area contributed by atoms with Crippen LogP contribution in [0, 0.1) is 0 Å². The molecule has 0 atom stereocenters. The number of carboxylic acid groups (broad SMARTS) is 1. The maximum absolute atomic E-state index is 11.5. The fourth-order valence-electron chi connectivity index (χ4n) is 3.26. The minimum atomic E-state index is -0.728. The number of hydrogen-bond acceptors (Lipinski definition) is 4. The molecule has 2 N–H and O–H groups in total. The number of hydrogen-bond donors (Lipinski definition) is 2. The van der Waals surface area contributed by atoms with Crippen LogP contribution in [0.3, 0.4) is 0 Å². The molecular weight excluding hydrogens is 329 g/mol. The van der Waals surface area contributed by atoms with Crippen molar-refractivity contribution in [2.75, 3.05) is 13.6 Å². The fourth-order valence-corrected chi connectivity index (χ4v) is 3.26. The van der Waals surface area contributed by atoms with Crippen molar-refractivity contribution in [3.05, 3.63) is 40.9 Å². The Morgan fingerprint density at radius 3 is 2.12 bits per heavy atom. The van der Waals surface area contributed by atoms with Gasteiger partial charge in [0.15, 0.2) is 0 Å². The molecule has 0 bridgehead atoms. The molecule has 2 fully saturated rings. The number of carboxylic acids is 1. The van der Waals surface area contributed by atoms with Gasteiger partial charge in [-0.25, -0.2) is 0 Å². The monoisotopic (exact) mass is 357 g/mol. The van der Waals surface area contributed by atoms with Gasteiger partial charge in [-0.2, -0.15) is 0 Å². The lowest BCUT2D eigenvalue weighted by Crippen LogP contribution is -2.41. The number of aliphatic carboxylic acids is 1. The van der Waals surface area contributed by atoms with E-state index in [4.69, 9.17) is 9.31 Å². The third-order valence-corrected chi connectivity index (χ3v) is 5.91. The Kier molecular flexibility index (Phi) is 4.80. The van der Waals surface area contributed by atoms with Crippen LogP contribution >= 0.6 is 0 Å². The number of rotatable bonds is 6. The standard InChI is InChI=1S/C20H28BNO4/c1-18(2)19(3,4)26-21(25-18)16(13-22-5)12-14-6-8-15(9-7-14)20(10-11-20)17(23)24/h6-9,12,22H,10-11,13H2,1-5H3,(H,23,24). The minimum Gasteiger partial charge on any atom is -0.481 e. The van der Waals surface area contributed by atoms with E-state index in [1.807, 2.05) is 59.0 Å². The highest BCUT2D eigenvalue weighted by Gasteiger charge is 2.52. The van der Waals surface area contributed by atoms with Gasteiger partial charge in [0, 0.05) is 6.54 Å². The number of carbonyl (C=O) groups is 1. The van der Waals surface area contributed by atoms with Crippen LogP contribution in [0.1, 0.15) is 51.7 Å². The second-order valence-electron chi connectivity index (χ2n) is 8.35. The minimum absolute atomic E-state index is 0.381. The van der Waals surface area contributed by atoms with Crippen LogP contribution in [0.2, 0.25) is 0 Å². The normalized spacial score (nSPS) is 23.1. The first kappa shape index (κ1) is 19.1. The van der Waals surface area contributed by atoms with Gasteiger partial charge in [-0.3, -0.25) is 4.79 Å². The summed E-state index contributed by atoms with van der Waals surface area (Å²) in [5.41, 5.74) is 1.48. The van der Waals surface area contributed by atoms with Gasteiger partial charge >= 0.3 is 13.1 Å². The first-order valence-electron chi connectivity index (χ1n) is 9.16. The van der Waals surface area contributed by atoms with Crippen LogP contribution in [0.5, 0.6) is 0 Å². The molecule has 1 aromatic carbocycles. The Labute approximate surface area is 155 Å². The fraction of sp³-hybridized carbons (Fsp3) is 0.550. The molecule has 0 amide bonds. The summed E-state index contributed by atoms with van der Waals surface area (Å²) >= 11 is 0. The van der Waals surface area contributed by atoms with E-state index in [-0.39, 0.29) is 11.2 Å². The summed E-state index contributed by atoms with van der Waals surface area (Å²) in [4.78, 5) is 11.5. The number of nitrogens with one attached hydrogen (secondary N) is 1. The second-order valence-corrected chi connectivity index (χ2v) is 8.35. The van der Waals surface area contributed by atoms with E-state index in [1.165, 1.54) is 0 Å². The van der Waals surface area contributed by atoms with Crippen LogP contribution in [0.25, 0.3) is 6.08 Å². The molecule has 1 aliphatic heterocycles. The summed E-state index contributed by atoms with van der Waals surface area (Å²) in [6.45, 7) is 8.82. The maximum Gasteiger partial charge on any atom is 0.491 e. The predicted molar refractivity (Wildman–Crippen MR) is 103 cm³/mol. The van der Waals surface area contributed by atoms with Gasteiger partial charge in [0.2, 0.25) is 0 Å². The molecular formula is C20H28BNO4. The van der Waals surface area contributed by atoms with E-state index < -0.39 is 18.5 Å². The van der Waals surface area contributed by atoms with Gasteiger partial charge in [-0.05, 0) is 64.2 Å². The third kappa shape index (κ3) is 3.33. The maximum atomic E-state index is 11.5. The van der Waals surface area contributed by atoms with Crippen molar-refractivity contribution in [1.29, 1.82) is 0 Å². The Morgan fingerprint density at radius 1 is 1.15 bits per heavy atom. The van der Waals surface area contributed by atoms with Gasteiger partial charge in [0.05, 0.1) is 16.6 Å². The van der Waals surface area contributed by atoms with Gasteiger partial charge in [-0.15, -0.1) is 0 Å². The quantitative estimate of drug-likeness (QED) is 0.766.